The molecule has 2 rings (SSSR count). The third-order valence-corrected chi connectivity index (χ3v) is 2.34. The van der Waals surface area contributed by atoms with E-state index in [1.807, 2.05) is 0 Å². The average molecular weight is 219 g/mol. The standard InChI is InChI=1S/C11H17N5/c1-3-5-8-15-10(12-6-4-2)9-11(16-8)14-7-13-9/h7H,3-6H2,1-2H3,(H2,12,13,14,15,16). The molecule has 0 aromatic carbocycles. The third-order valence-electron chi connectivity index (χ3n) is 2.34. The molecular weight excluding hydrogens is 202 g/mol. The minimum Gasteiger partial charge on any atom is -0.368 e. The van der Waals surface area contributed by atoms with Gasteiger partial charge < -0.3 is 10.3 Å². The Bertz CT molecular complexity index is 462. The maximum absolute atomic E-state index is 4.50. The molecule has 16 heavy (non-hydrogen) atoms. The summed E-state index contributed by atoms with van der Waals surface area (Å²) in [5.41, 5.74) is 1.64. The van der Waals surface area contributed by atoms with E-state index in [0.29, 0.717) is 0 Å². The highest BCUT2D eigenvalue weighted by atomic mass is 15.1. The van der Waals surface area contributed by atoms with Gasteiger partial charge in [-0.15, -0.1) is 0 Å². The van der Waals surface area contributed by atoms with Gasteiger partial charge in [-0.05, 0) is 12.8 Å². The molecule has 0 saturated carbocycles. The molecule has 2 aromatic rings. The number of anilines is 1. The topological polar surface area (TPSA) is 66.5 Å². The maximum Gasteiger partial charge on any atom is 0.163 e. The lowest BCUT2D eigenvalue weighted by molar-refractivity contribution is 0.840. The SMILES string of the molecule is CCCNc1nc(CCC)nc2[nH]cnc12. The number of aromatic nitrogens is 4. The lowest BCUT2D eigenvalue weighted by Crippen LogP contribution is -2.06. The molecule has 0 bridgehead atoms. The van der Waals surface area contributed by atoms with Crippen molar-refractivity contribution in [3.8, 4) is 0 Å². The number of nitrogens with zero attached hydrogens (tertiary/aromatic N) is 3. The van der Waals surface area contributed by atoms with Gasteiger partial charge >= 0.3 is 0 Å². The van der Waals surface area contributed by atoms with Gasteiger partial charge in [-0.2, -0.15) is 0 Å². The van der Waals surface area contributed by atoms with E-state index in [0.717, 1.165) is 48.6 Å². The number of hydrogen-bond acceptors (Lipinski definition) is 4. The molecule has 5 heteroatoms. The fourth-order valence-electron chi connectivity index (χ4n) is 1.58. The number of aryl methyl sites for hydroxylation is 1. The van der Waals surface area contributed by atoms with Gasteiger partial charge in [-0.1, -0.05) is 13.8 Å². The van der Waals surface area contributed by atoms with Gasteiger partial charge in [-0.25, -0.2) is 15.0 Å². The highest BCUT2D eigenvalue weighted by Crippen LogP contribution is 2.16. The molecule has 0 saturated heterocycles. The number of rotatable bonds is 5. The van der Waals surface area contributed by atoms with Gasteiger partial charge in [0.1, 0.15) is 11.3 Å². The quantitative estimate of drug-likeness (QED) is 0.808. The Kier molecular flexibility index (Phi) is 3.34. The molecule has 0 fully saturated rings. The summed E-state index contributed by atoms with van der Waals surface area (Å²) in [7, 11) is 0. The van der Waals surface area contributed by atoms with E-state index in [1.165, 1.54) is 0 Å². The first-order valence-corrected chi connectivity index (χ1v) is 5.79. The van der Waals surface area contributed by atoms with Crippen LogP contribution >= 0.6 is 0 Å². The van der Waals surface area contributed by atoms with E-state index < -0.39 is 0 Å². The zero-order chi connectivity index (χ0) is 11.4. The second kappa shape index (κ2) is 4.92. The largest absolute Gasteiger partial charge is 0.368 e. The van der Waals surface area contributed by atoms with Gasteiger partial charge in [0.2, 0.25) is 0 Å². The van der Waals surface area contributed by atoms with Crippen LogP contribution < -0.4 is 5.32 Å². The monoisotopic (exact) mass is 219 g/mol. The van der Waals surface area contributed by atoms with Crippen LogP contribution in [-0.2, 0) is 6.42 Å². The normalized spacial score (nSPS) is 10.9. The van der Waals surface area contributed by atoms with Crippen molar-refractivity contribution in [2.24, 2.45) is 0 Å². The number of nitrogens with one attached hydrogen (secondary N) is 2. The van der Waals surface area contributed by atoms with E-state index in [9.17, 15) is 0 Å². The van der Waals surface area contributed by atoms with Crippen LogP contribution in [0.2, 0.25) is 0 Å². The Labute approximate surface area is 94.7 Å². The molecule has 0 aliphatic carbocycles. The van der Waals surface area contributed by atoms with Crippen LogP contribution in [0.4, 0.5) is 5.82 Å². The van der Waals surface area contributed by atoms with Crippen molar-refractivity contribution < 1.29 is 0 Å². The molecule has 86 valence electrons. The predicted octanol–water partition coefficient (Wildman–Crippen LogP) is 2.13. The third kappa shape index (κ3) is 2.13. The van der Waals surface area contributed by atoms with Crippen LogP contribution in [0.3, 0.4) is 0 Å². The zero-order valence-electron chi connectivity index (χ0n) is 9.75. The summed E-state index contributed by atoms with van der Waals surface area (Å²) in [5.74, 6) is 1.72. The first-order chi connectivity index (χ1) is 7.85. The van der Waals surface area contributed by atoms with Crippen LogP contribution in [-0.4, -0.2) is 26.5 Å². The average Bonchev–Trinajstić information content (AvgIpc) is 2.74. The number of H-pyrrole nitrogens is 1. The summed E-state index contributed by atoms with van der Waals surface area (Å²) in [4.78, 5) is 16.2. The number of imidazole rings is 1. The van der Waals surface area contributed by atoms with Gasteiger partial charge in [0.25, 0.3) is 0 Å². The van der Waals surface area contributed by atoms with Crippen LogP contribution in [0.25, 0.3) is 11.2 Å². The highest BCUT2D eigenvalue weighted by Gasteiger charge is 2.08. The smallest absolute Gasteiger partial charge is 0.163 e. The second-order valence-electron chi connectivity index (χ2n) is 3.76. The molecule has 2 aromatic heterocycles. The van der Waals surface area contributed by atoms with Crippen molar-refractivity contribution in [1.29, 1.82) is 0 Å². The lowest BCUT2D eigenvalue weighted by Gasteiger charge is -2.06. The molecule has 0 atom stereocenters. The van der Waals surface area contributed by atoms with Crippen molar-refractivity contribution in [2.45, 2.75) is 33.1 Å². The molecule has 0 radical (unpaired) electrons. The first kappa shape index (κ1) is 10.9. The Morgan fingerprint density at radius 1 is 1.25 bits per heavy atom. The summed E-state index contributed by atoms with van der Waals surface area (Å²) < 4.78 is 0. The zero-order valence-corrected chi connectivity index (χ0v) is 9.75. The van der Waals surface area contributed by atoms with Gasteiger partial charge in [0.15, 0.2) is 11.5 Å². The molecule has 0 spiro atoms. The lowest BCUT2D eigenvalue weighted by atomic mass is 10.3. The number of fused-ring (bicyclic) bond motifs is 1. The van der Waals surface area contributed by atoms with Crippen LogP contribution in [0.5, 0.6) is 0 Å². The second-order valence-corrected chi connectivity index (χ2v) is 3.76. The molecule has 0 aliphatic rings. The van der Waals surface area contributed by atoms with Crippen molar-refractivity contribution in [3.05, 3.63) is 12.2 Å². The van der Waals surface area contributed by atoms with Crippen molar-refractivity contribution >= 4 is 17.0 Å². The predicted molar refractivity (Wildman–Crippen MR) is 64.5 cm³/mol. The van der Waals surface area contributed by atoms with E-state index in [4.69, 9.17) is 0 Å². The Hall–Kier alpha value is -1.65. The molecule has 2 N–H and O–H groups in total. The molecule has 0 aliphatic heterocycles. The first-order valence-electron chi connectivity index (χ1n) is 5.79. The summed E-state index contributed by atoms with van der Waals surface area (Å²) >= 11 is 0. The summed E-state index contributed by atoms with van der Waals surface area (Å²) in [6, 6.07) is 0. The van der Waals surface area contributed by atoms with E-state index in [2.05, 4.69) is 39.1 Å². The maximum atomic E-state index is 4.50. The molecule has 0 unspecified atom stereocenters. The molecule has 5 nitrogen and oxygen atoms in total. The Morgan fingerprint density at radius 2 is 2.12 bits per heavy atom. The Balaban J connectivity index is 2.38. The van der Waals surface area contributed by atoms with Gasteiger partial charge in [0, 0.05) is 13.0 Å². The van der Waals surface area contributed by atoms with Crippen molar-refractivity contribution in [1.82, 2.24) is 19.9 Å². The molecule has 2 heterocycles. The fourth-order valence-corrected chi connectivity index (χ4v) is 1.58. The molecule has 0 amide bonds. The fraction of sp³-hybridized carbons (Fsp3) is 0.545. The summed E-state index contributed by atoms with van der Waals surface area (Å²) in [5, 5.41) is 3.29. The number of hydrogen-bond donors (Lipinski definition) is 2. The van der Waals surface area contributed by atoms with E-state index >= 15 is 0 Å². The highest BCUT2D eigenvalue weighted by molar-refractivity contribution is 5.82. The number of aromatic amines is 1. The van der Waals surface area contributed by atoms with Crippen LogP contribution in [0, 0.1) is 0 Å². The van der Waals surface area contributed by atoms with Gasteiger partial charge in [-0.3, -0.25) is 0 Å². The molecular formula is C11H17N5. The van der Waals surface area contributed by atoms with E-state index in [1.54, 1.807) is 6.33 Å². The van der Waals surface area contributed by atoms with Crippen molar-refractivity contribution in [2.75, 3.05) is 11.9 Å². The summed E-state index contributed by atoms with van der Waals surface area (Å²) in [6.07, 6.45) is 4.67. The van der Waals surface area contributed by atoms with Crippen LogP contribution in [0.15, 0.2) is 6.33 Å². The van der Waals surface area contributed by atoms with Crippen LogP contribution in [0.1, 0.15) is 32.5 Å². The minimum atomic E-state index is 0.817. The van der Waals surface area contributed by atoms with Gasteiger partial charge in [0.05, 0.1) is 6.33 Å². The summed E-state index contributed by atoms with van der Waals surface area (Å²) in [6.45, 7) is 5.16. The van der Waals surface area contributed by atoms with E-state index in [-0.39, 0.29) is 0 Å². The van der Waals surface area contributed by atoms with Crippen molar-refractivity contribution in [3.63, 3.8) is 0 Å². The minimum absolute atomic E-state index is 0.817. The Morgan fingerprint density at radius 3 is 2.88 bits per heavy atom.